The van der Waals surface area contributed by atoms with Crippen molar-refractivity contribution in [1.29, 1.82) is 0 Å². The molecule has 4 nitrogen and oxygen atoms in total. The number of hydrogen-bond donors (Lipinski definition) is 1. The van der Waals surface area contributed by atoms with Crippen molar-refractivity contribution in [1.82, 2.24) is 4.98 Å². The molecule has 0 fully saturated rings. The van der Waals surface area contributed by atoms with Crippen molar-refractivity contribution in [2.45, 2.75) is 0 Å². The minimum Gasteiger partial charge on any atom is -0.439 e. The van der Waals surface area contributed by atoms with Gasteiger partial charge in [-0.15, -0.1) is 0 Å². The SMILES string of the molecule is CN(C)c1cccc(Oc2ccc(N)cn2)c1. The fraction of sp³-hybridized carbons (Fsp3) is 0.154. The molecule has 88 valence electrons. The summed E-state index contributed by atoms with van der Waals surface area (Å²) < 4.78 is 5.63. The highest BCUT2D eigenvalue weighted by molar-refractivity contribution is 5.50. The number of anilines is 2. The van der Waals surface area contributed by atoms with Gasteiger partial charge < -0.3 is 15.4 Å². The van der Waals surface area contributed by atoms with Gasteiger partial charge in [-0.25, -0.2) is 4.98 Å². The third-order valence-electron chi connectivity index (χ3n) is 2.32. The van der Waals surface area contributed by atoms with Gasteiger partial charge in [0.15, 0.2) is 0 Å². The van der Waals surface area contributed by atoms with E-state index in [0.717, 1.165) is 11.4 Å². The van der Waals surface area contributed by atoms with E-state index >= 15 is 0 Å². The van der Waals surface area contributed by atoms with E-state index in [2.05, 4.69) is 4.98 Å². The van der Waals surface area contributed by atoms with Crippen LogP contribution in [0.4, 0.5) is 11.4 Å². The second kappa shape index (κ2) is 4.74. The number of benzene rings is 1. The molecule has 0 saturated heterocycles. The van der Waals surface area contributed by atoms with E-state index in [-0.39, 0.29) is 0 Å². The van der Waals surface area contributed by atoms with Gasteiger partial charge in [0.25, 0.3) is 0 Å². The first-order chi connectivity index (χ1) is 8.15. The third kappa shape index (κ3) is 2.87. The molecule has 2 N–H and O–H groups in total. The normalized spacial score (nSPS) is 10.0. The lowest BCUT2D eigenvalue weighted by atomic mass is 10.3. The number of nitrogens with two attached hydrogens (primary N) is 1. The van der Waals surface area contributed by atoms with Gasteiger partial charge in [0, 0.05) is 31.9 Å². The van der Waals surface area contributed by atoms with Crippen molar-refractivity contribution < 1.29 is 4.74 Å². The molecule has 0 bridgehead atoms. The smallest absolute Gasteiger partial charge is 0.219 e. The monoisotopic (exact) mass is 229 g/mol. The Kier molecular flexibility index (Phi) is 3.14. The topological polar surface area (TPSA) is 51.4 Å². The number of ether oxygens (including phenoxy) is 1. The number of nitrogens with zero attached hydrogens (tertiary/aromatic N) is 2. The second-order valence-corrected chi connectivity index (χ2v) is 3.92. The Balaban J connectivity index is 2.18. The Labute approximate surface area is 101 Å². The van der Waals surface area contributed by atoms with E-state index in [0.29, 0.717) is 11.6 Å². The quantitative estimate of drug-likeness (QED) is 0.878. The maximum atomic E-state index is 5.63. The van der Waals surface area contributed by atoms with Crippen LogP contribution in [-0.4, -0.2) is 19.1 Å². The zero-order valence-electron chi connectivity index (χ0n) is 9.92. The third-order valence-corrected chi connectivity index (χ3v) is 2.32. The number of pyridine rings is 1. The van der Waals surface area contributed by atoms with Crippen LogP contribution in [0.25, 0.3) is 0 Å². The first-order valence-corrected chi connectivity index (χ1v) is 5.32. The maximum Gasteiger partial charge on any atom is 0.219 e. The molecule has 0 saturated carbocycles. The molecule has 17 heavy (non-hydrogen) atoms. The molecule has 2 rings (SSSR count). The fourth-order valence-electron chi connectivity index (χ4n) is 1.40. The minimum absolute atomic E-state index is 0.537. The summed E-state index contributed by atoms with van der Waals surface area (Å²) in [6.45, 7) is 0. The molecule has 0 atom stereocenters. The average molecular weight is 229 g/mol. The molecule has 0 amide bonds. The van der Waals surface area contributed by atoms with Gasteiger partial charge in [-0.2, -0.15) is 0 Å². The molecule has 0 aliphatic rings. The summed E-state index contributed by atoms with van der Waals surface area (Å²) in [5.41, 5.74) is 7.27. The molecule has 1 aromatic heterocycles. The number of aromatic nitrogens is 1. The molecule has 0 radical (unpaired) electrons. The van der Waals surface area contributed by atoms with E-state index in [9.17, 15) is 0 Å². The lowest BCUT2D eigenvalue weighted by molar-refractivity contribution is 0.463. The van der Waals surface area contributed by atoms with Gasteiger partial charge in [-0.3, -0.25) is 0 Å². The van der Waals surface area contributed by atoms with Crippen LogP contribution in [0.2, 0.25) is 0 Å². The van der Waals surface area contributed by atoms with E-state index in [1.165, 1.54) is 0 Å². The number of hydrogen-bond acceptors (Lipinski definition) is 4. The van der Waals surface area contributed by atoms with Gasteiger partial charge in [0.2, 0.25) is 5.88 Å². The Morgan fingerprint density at radius 1 is 1.18 bits per heavy atom. The highest BCUT2D eigenvalue weighted by Crippen LogP contribution is 2.24. The largest absolute Gasteiger partial charge is 0.439 e. The average Bonchev–Trinajstić information content (AvgIpc) is 2.32. The van der Waals surface area contributed by atoms with E-state index in [1.54, 1.807) is 18.3 Å². The predicted molar refractivity (Wildman–Crippen MR) is 69.5 cm³/mol. The fourth-order valence-corrected chi connectivity index (χ4v) is 1.40. The van der Waals surface area contributed by atoms with Gasteiger partial charge in [0.1, 0.15) is 5.75 Å². The summed E-state index contributed by atoms with van der Waals surface area (Å²) in [6, 6.07) is 11.3. The highest BCUT2D eigenvalue weighted by Gasteiger charge is 2.01. The zero-order chi connectivity index (χ0) is 12.3. The number of rotatable bonds is 3. The summed E-state index contributed by atoms with van der Waals surface area (Å²) in [5.74, 6) is 1.29. The van der Waals surface area contributed by atoms with Crippen molar-refractivity contribution in [3.8, 4) is 11.6 Å². The molecule has 0 unspecified atom stereocenters. The van der Waals surface area contributed by atoms with Gasteiger partial charge in [0.05, 0.1) is 11.9 Å². The maximum absolute atomic E-state index is 5.63. The van der Waals surface area contributed by atoms with Crippen molar-refractivity contribution in [3.63, 3.8) is 0 Å². The molecular formula is C13H15N3O. The lowest BCUT2D eigenvalue weighted by Gasteiger charge is -2.13. The minimum atomic E-state index is 0.537. The van der Waals surface area contributed by atoms with E-state index in [4.69, 9.17) is 10.5 Å². The molecule has 0 spiro atoms. The van der Waals surface area contributed by atoms with Crippen LogP contribution in [-0.2, 0) is 0 Å². The van der Waals surface area contributed by atoms with Crippen LogP contribution in [0.1, 0.15) is 0 Å². The molecular weight excluding hydrogens is 214 g/mol. The zero-order valence-corrected chi connectivity index (χ0v) is 9.92. The van der Waals surface area contributed by atoms with Crippen molar-refractivity contribution in [3.05, 3.63) is 42.6 Å². The first-order valence-electron chi connectivity index (χ1n) is 5.32. The van der Waals surface area contributed by atoms with Crippen LogP contribution in [0.3, 0.4) is 0 Å². The molecule has 0 aliphatic carbocycles. The number of nitrogen functional groups attached to an aromatic ring is 1. The van der Waals surface area contributed by atoms with Crippen LogP contribution in [0, 0.1) is 0 Å². The summed E-state index contributed by atoms with van der Waals surface area (Å²) in [4.78, 5) is 6.10. The first kappa shape index (κ1) is 11.3. The summed E-state index contributed by atoms with van der Waals surface area (Å²) in [6.07, 6.45) is 1.57. The van der Waals surface area contributed by atoms with Crippen molar-refractivity contribution in [2.24, 2.45) is 0 Å². The Morgan fingerprint density at radius 3 is 2.65 bits per heavy atom. The highest BCUT2D eigenvalue weighted by atomic mass is 16.5. The predicted octanol–water partition coefficient (Wildman–Crippen LogP) is 2.52. The van der Waals surface area contributed by atoms with Crippen LogP contribution >= 0.6 is 0 Å². The van der Waals surface area contributed by atoms with Crippen LogP contribution in [0.15, 0.2) is 42.6 Å². The Morgan fingerprint density at radius 2 is 2.00 bits per heavy atom. The lowest BCUT2D eigenvalue weighted by Crippen LogP contribution is -2.08. The van der Waals surface area contributed by atoms with Gasteiger partial charge in [-0.1, -0.05) is 6.07 Å². The standard InChI is InChI=1S/C13H15N3O/c1-16(2)11-4-3-5-12(8-11)17-13-7-6-10(14)9-15-13/h3-9H,14H2,1-2H3. The Bertz CT molecular complexity index is 494. The second-order valence-electron chi connectivity index (χ2n) is 3.92. The van der Waals surface area contributed by atoms with Gasteiger partial charge >= 0.3 is 0 Å². The molecule has 2 aromatic rings. The summed E-state index contributed by atoms with van der Waals surface area (Å²) in [5, 5.41) is 0. The van der Waals surface area contributed by atoms with Crippen LogP contribution in [0.5, 0.6) is 11.6 Å². The van der Waals surface area contributed by atoms with Crippen LogP contribution < -0.4 is 15.4 Å². The summed E-state index contributed by atoms with van der Waals surface area (Å²) >= 11 is 0. The molecule has 4 heteroatoms. The van der Waals surface area contributed by atoms with Gasteiger partial charge in [-0.05, 0) is 18.2 Å². The molecule has 1 aromatic carbocycles. The Hall–Kier alpha value is -2.23. The van der Waals surface area contributed by atoms with Crippen molar-refractivity contribution in [2.75, 3.05) is 24.7 Å². The molecule has 1 heterocycles. The molecule has 0 aliphatic heterocycles. The van der Waals surface area contributed by atoms with Crippen molar-refractivity contribution >= 4 is 11.4 Å². The van der Waals surface area contributed by atoms with E-state index < -0.39 is 0 Å². The summed E-state index contributed by atoms with van der Waals surface area (Å²) in [7, 11) is 3.97. The van der Waals surface area contributed by atoms with E-state index in [1.807, 2.05) is 43.3 Å².